The van der Waals surface area contributed by atoms with Crippen molar-refractivity contribution in [3.63, 3.8) is 0 Å². The summed E-state index contributed by atoms with van der Waals surface area (Å²) in [5, 5.41) is 22.9. The Hall–Kier alpha value is -1.30. The zero-order chi connectivity index (χ0) is 15.2. The number of β-amino-alcohol motifs (C(OH)–C–C–N with tert-alkyl or cyclic N) is 1. The molecule has 0 saturated carbocycles. The van der Waals surface area contributed by atoms with Crippen LogP contribution in [-0.2, 0) is 0 Å². The van der Waals surface area contributed by atoms with Gasteiger partial charge < -0.3 is 25.0 Å². The zero-order valence-corrected chi connectivity index (χ0v) is 12.6. The van der Waals surface area contributed by atoms with Crippen molar-refractivity contribution in [2.45, 2.75) is 31.9 Å². The van der Waals surface area contributed by atoms with Crippen LogP contribution in [0.25, 0.3) is 0 Å². The van der Waals surface area contributed by atoms with Crippen molar-refractivity contribution < 1.29 is 19.7 Å². The van der Waals surface area contributed by atoms with Gasteiger partial charge in [-0.2, -0.15) is 0 Å². The molecule has 0 radical (unpaired) electrons. The Morgan fingerprint density at radius 3 is 2.50 bits per heavy atom. The standard InChI is InChI=1S/C15H25NO4/c1-5-15(2,10-17)16-9-13(18)12-8-11(19-3)6-7-14(12)20-4/h6-8,13,16-18H,5,9-10H2,1-4H3. The first-order valence-electron chi connectivity index (χ1n) is 6.75. The van der Waals surface area contributed by atoms with Crippen LogP contribution in [0.3, 0.4) is 0 Å². The third-order valence-corrected chi connectivity index (χ3v) is 3.65. The van der Waals surface area contributed by atoms with Gasteiger partial charge in [0, 0.05) is 17.6 Å². The number of hydrogen-bond donors (Lipinski definition) is 3. The molecule has 1 aromatic rings. The Kier molecular flexibility index (Phi) is 6.26. The lowest BCUT2D eigenvalue weighted by molar-refractivity contribution is 0.124. The van der Waals surface area contributed by atoms with Crippen molar-refractivity contribution in [1.82, 2.24) is 5.32 Å². The Morgan fingerprint density at radius 2 is 2.00 bits per heavy atom. The van der Waals surface area contributed by atoms with E-state index >= 15 is 0 Å². The van der Waals surface area contributed by atoms with Gasteiger partial charge in [-0.15, -0.1) is 0 Å². The number of aliphatic hydroxyl groups is 2. The Balaban J connectivity index is 2.83. The highest BCUT2D eigenvalue weighted by Gasteiger charge is 2.23. The zero-order valence-electron chi connectivity index (χ0n) is 12.6. The van der Waals surface area contributed by atoms with Gasteiger partial charge in [-0.3, -0.25) is 0 Å². The highest BCUT2D eigenvalue weighted by Crippen LogP contribution is 2.29. The van der Waals surface area contributed by atoms with Gasteiger partial charge in [0.2, 0.25) is 0 Å². The van der Waals surface area contributed by atoms with Gasteiger partial charge in [0.1, 0.15) is 11.5 Å². The molecule has 0 aliphatic rings. The molecule has 0 saturated heterocycles. The van der Waals surface area contributed by atoms with Crippen LogP contribution < -0.4 is 14.8 Å². The number of aliphatic hydroxyl groups excluding tert-OH is 2. The Labute approximate surface area is 120 Å². The first kappa shape index (κ1) is 16.8. The second-order valence-electron chi connectivity index (χ2n) is 5.08. The highest BCUT2D eigenvalue weighted by atomic mass is 16.5. The molecule has 5 heteroatoms. The molecule has 3 N–H and O–H groups in total. The summed E-state index contributed by atoms with van der Waals surface area (Å²) in [6, 6.07) is 5.31. The van der Waals surface area contributed by atoms with E-state index < -0.39 is 11.6 Å². The molecule has 0 fully saturated rings. The van der Waals surface area contributed by atoms with E-state index in [1.54, 1.807) is 32.4 Å². The summed E-state index contributed by atoms with van der Waals surface area (Å²) < 4.78 is 10.4. The largest absolute Gasteiger partial charge is 0.497 e. The summed E-state index contributed by atoms with van der Waals surface area (Å²) in [5.41, 5.74) is 0.267. The predicted octanol–water partition coefficient (Wildman–Crippen LogP) is 1.49. The number of ether oxygens (including phenoxy) is 2. The molecular formula is C15H25NO4. The summed E-state index contributed by atoms with van der Waals surface area (Å²) in [5.74, 6) is 1.28. The van der Waals surface area contributed by atoms with Crippen LogP contribution in [0, 0.1) is 0 Å². The molecule has 0 heterocycles. The van der Waals surface area contributed by atoms with Crippen molar-refractivity contribution in [3.05, 3.63) is 23.8 Å². The molecule has 0 amide bonds. The molecule has 20 heavy (non-hydrogen) atoms. The number of rotatable bonds is 8. The number of methoxy groups -OCH3 is 2. The van der Waals surface area contributed by atoms with Gasteiger partial charge in [0.05, 0.1) is 26.9 Å². The maximum Gasteiger partial charge on any atom is 0.124 e. The fourth-order valence-electron chi connectivity index (χ4n) is 1.85. The van der Waals surface area contributed by atoms with E-state index in [1.807, 2.05) is 13.8 Å². The van der Waals surface area contributed by atoms with Gasteiger partial charge in [0.15, 0.2) is 0 Å². The average molecular weight is 283 g/mol. The smallest absolute Gasteiger partial charge is 0.124 e. The van der Waals surface area contributed by atoms with Crippen molar-refractivity contribution in [3.8, 4) is 11.5 Å². The van der Waals surface area contributed by atoms with E-state index in [0.717, 1.165) is 6.42 Å². The lowest BCUT2D eigenvalue weighted by atomic mass is 9.99. The molecule has 0 spiro atoms. The van der Waals surface area contributed by atoms with Gasteiger partial charge >= 0.3 is 0 Å². The fraction of sp³-hybridized carbons (Fsp3) is 0.600. The summed E-state index contributed by atoms with van der Waals surface area (Å²) in [6.45, 7) is 4.25. The molecule has 1 rings (SSSR count). The Morgan fingerprint density at radius 1 is 1.30 bits per heavy atom. The van der Waals surface area contributed by atoms with Crippen LogP contribution in [0.5, 0.6) is 11.5 Å². The minimum atomic E-state index is -0.738. The molecule has 2 atom stereocenters. The summed E-state index contributed by atoms with van der Waals surface area (Å²) in [4.78, 5) is 0. The van der Waals surface area contributed by atoms with Crippen molar-refractivity contribution in [2.75, 3.05) is 27.4 Å². The van der Waals surface area contributed by atoms with E-state index in [2.05, 4.69) is 5.32 Å². The molecular weight excluding hydrogens is 258 g/mol. The van der Waals surface area contributed by atoms with E-state index in [-0.39, 0.29) is 6.61 Å². The predicted molar refractivity (Wildman–Crippen MR) is 78.3 cm³/mol. The number of hydrogen-bond acceptors (Lipinski definition) is 5. The topological polar surface area (TPSA) is 71.0 Å². The van der Waals surface area contributed by atoms with Crippen molar-refractivity contribution >= 4 is 0 Å². The molecule has 1 aromatic carbocycles. The molecule has 0 bridgehead atoms. The monoisotopic (exact) mass is 283 g/mol. The minimum Gasteiger partial charge on any atom is -0.497 e. The number of benzene rings is 1. The maximum absolute atomic E-state index is 10.3. The van der Waals surface area contributed by atoms with Crippen LogP contribution in [0.4, 0.5) is 0 Å². The molecule has 5 nitrogen and oxygen atoms in total. The van der Waals surface area contributed by atoms with E-state index in [0.29, 0.717) is 23.6 Å². The lowest BCUT2D eigenvalue weighted by Gasteiger charge is -2.29. The van der Waals surface area contributed by atoms with Gasteiger partial charge in [-0.1, -0.05) is 6.92 Å². The van der Waals surface area contributed by atoms with E-state index in [4.69, 9.17) is 9.47 Å². The maximum atomic E-state index is 10.3. The van der Waals surface area contributed by atoms with Gasteiger partial charge in [-0.05, 0) is 31.5 Å². The second kappa shape index (κ2) is 7.47. The molecule has 0 aliphatic carbocycles. The fourth-order valence-corrected chi connectivity index (χ4v) is 1.85. The van der Waals surface area contributed by atoms with Crippen LogP contribution in [0.2, 0.25) is 0 Å². The first-order chi connectivity index (χ1) is 9.49. The van der Waals surface area contributed by atoms with Crippen molar-refractivity contribution in [2.24, 2.45) is 0 Å². The molecule has 114 valence electrons. The summed E-state index contributed by atoms with van der Waals surface area (Å²) >= 11 is 0. The van der Waals surface area contributed by atoms with Crippen LogP contribution in [0.1, 0.15) is 31.9 Å². The van der Waals surface area contributed by atoms with Crippen molar-refractivity contribution in [1.29, 1.82) is 0 Å². The number of nitrogens with one attached hydrogen (secondary N) is 1. The minimum absolute atomic E-state index is 0.0193. The van der Waals surface area contributed by atoms with Crippen LogP contribution in [-0.4, -0.2) is 43.1 Å². The average Bonchev–Trinajstić information content (AvgIpc) is 2.51. The van der Waals surface area contributed by atoms with E-state index in [9.17, 15) is 10.2 Å². The first-order valence-corrected chi connectivity index (χ1v) is 6.75. The molecule has 0 aliphatic heterocycles. The van der Waals surface area contributed by atoms with E-state index in [1.165, 1.54) is 0 Å². The highest BCUT2D eigenvalue weighted by molar-refractivity contribution is 5.41. The molecule has 2 unspecified atom stereocenters. The Bertz CT molecular complexity index is 418. The van der Waals surface area contributed by atoms with Gasteiger partial charge in [0.25, 0.3) is 0 Å². The lowest BCUT2D eigenvalue weighted by Crippen LogP contribution is -2.46. The SMILES string of the molecule is CCC(C)(CO)NCC(O)c1cc(OC)ccc1OC. The summed E-state index contributed by atoms with van der Waals surface area (Å²) in [6.07, 6.45) is 0.0309. The van der Waals surface area contributed by atoms with Crippen LogP contribution in [0.15, 0.2) is 18.2 Å². The summed E-state index contributed by atoms with van der Waals surface area (Å²) in [7, 11) is 3.14. The third-order valence-electron chi connectivity index (χ3n) is 3.65. The normalized spacial score (nSPS) is 15.5. The quantitative estimate of drug-likeness (QED) is 0.674. The van der Waals surface area contributed by atoms with Gasteiger partial charge in [-0.25, -0.2) is 0 Å². The third kappa shape index (κ3) is 4.10. The van der Waals surface area contributed by atoms with Crippen LogP contribution >= 0.6 is 0 Å². The molecule has 0 aromatic heterocycles. The second-order valence-corrected chi connectivity index (χ2v) is 5.08.